The summed E-state index contributed by atoms with van der Waals surface area (Å²) in [5.74, 6) is -0.0991. The van der Waals surface area contributed by atoms with Crippen molar-refractivity contribution in [1.82, 2.24) is 4.57 Å². The molecule has 0 aliphatic heterocycles. The largest absolute Gasteiger partial charge is 0.493 e. The third-order valence-corrected chi connectivity index (χ3v) is 4.70. The van der Waals surface area contributed by atoms with Gasteiger partial charge in [0.2, 0.25) is 5.88 Å². The second-order valence-electron chi connectivity index (χ2n) is 5.85. The number of furan rings is 1. The van der Waals surface area contributed by atoms with E-state index in [0.29, 0.717) is 10.2 Å². The van der Waals surface area contributed by atoms with Gasteiger partial charge in [0.15, 0.2) is 5.69 Å². The predicted molar refractivity (Wildman–Crippen MR) is 105 cm³/mol. The van der Waals surface area contributed by atoms with Crippen LogP contribution in [0.4, 0.5) is 17.1 Å². The Morgan fingerprint density at radius 2 is 2.14 bits per heavy atom. The summed E-state index contributed by atoms with van der Waals surface area (Å²) >= 11 is 3.17. The van der Waals surface area contributed by atoms with E-state index >= 15 is 0 Å². The number of nitriles is 1. The molecular formula is C18H12BrN5O5. The summed E-state index contributed by atoms with van der Waals surface area (Å²) in [5, 5.41) is 38.5. The number of hydrogen-bond donors (Lipinski definition) is 1. The van der Waals surface area contributed by atoms with Crippen molar-refractivity contribution >= 4 is 33.0 Å². The number of pyridine rings is 1. The first kappa shape index (κ1) is 20.0. The molecule has 0 fully saturated rings. The van der Waals surface area contributed by atoms with E-state index in [-0.39, 0.29) is 34.7 Å². The van der Waals surface area contributed by atoms with Crippen molar-refractivity contribution in [3.05, 3.63) is 78.4 Å². The molecule has 0 radical (unpaired) electrons. The smallest absolute Gasteiger partial charge is 0.281 e. The lowest BCUT2D eigenvalue weighted by Gasteiger charge is -2.11. The van der Waals surface area contributed by atoms with Gasteiger partial charge in [-0.05, 0) is 41.1 Å². The molecule has 0 aliphatic rings. The monoisotopic (exact) mass is 457 g/mol. The SMILES string of the molecule is Cc1c(C#N)c(O)n(Cc2ccco2)c(=O)c1N=Nc1ccc([N+](=O)[O-])cc1Br. The fourth-order valence-corrected chi connectivity index (χ4v) is 3.00. The molecule has 0 unspecified atom stereocenters. The summed E-state index contributed by atoms with van der Waals surface area (Å²) in [6.45, 7) is 1.37. The molecule has 1 aromatic carbocycles. The number of nitro benzene ring substituents is 1. The van der Waals surface area contributed by atoms with Crippen LogP contribution in [0.5, 0.6) is 5.88 Å². The Balaban J connectivity index is 2.10. The van der Waals surface area contributed by atoms with Crippen LogP contribution in [0.15, 0.2) is 60.5 Å². The molecule has 0 spiro atoms. The fraction of sp³-hybridized carbons (Fsp3) is 0.111. The molecule has 0 aliphatic carbocycles. The third kappa shape index (κ3) is 3.92. The van der Waals surface area contributed by atoms with E-state index in [2.05, 4.69) is 26.2 Å². The fourth-order valence-electron chi connectivity index (χ4n) is 2.56. The van der Waals surface area contributed by atoms with Crippen LogP contribution in [0.2, 0.25) is 0 Å². The normalized spacial score (nSPS) is 10.9. The van der Waals surface area contributed by atoms with Crippen LogP contribution in [-0.2, 0) is 6.54 Å². The highest BCUT2D eigenvalue weighted by atomic mass is 79.9. The number of azo groups is 1. The Kier molecular flexibility index (Phi) is 5.56. The summed E-state index contributed by atoms with van der Waals surface area (Å²) in [6, 6.07) is 8.98. The van der Waals surface area contributed by atoms with E-state index in [1.807, 2.05) is 6.07 Å². The van der Waals surface area contributed by atoms with E-state index < -0.39 is 16.4 Å². The second-order valence-corrected chi connectivity index (χ2v) is 6.70. The van der Waals surface area contributed by atoms with Gasteiger partial charge < -0.3 is 9.52 Å². The van der Waals surface area contributed by atoms with E-state index in [1.165, 1.54) is 31.4 Å². The van der Waals surface area contributed by atoms with Gasteiger partial charge in [-0.1, -0.05) is 0 Å². The molecule has 3 rings (SSSR count). The Bertz CT molecular complexity index is 1220. The number of hydrogen-bond acceptors (Lipinski definition) is 8. The average molecular weight is 458 g/mol. The Hall–Kier alpha value is -3.78. The van der Waals surface area contributed by atoms with Crippen molar-refractivity contribution in [2.24, 2.45) is 10.2 Å². The van der Waals surface area contributed by atoms with E-state index in [9.17, 15) is 25.3 Å². The van der Waals surface area contributed by atoms with E-state index in [0.717, 1.165) is 4.57 Å². The number of aromatic nitrogens is 1. The standard InChI is InChI=1S/C18H12BrN5O5/c1-10-13(8-20)17(25)23(9-12-3-2-6-29-12)18(26)16(10)22-21-15-5-4-11(24(27)28)7-14(15)19/h2-7,25H,9H2,1H3. The molecule has 146 valence electrons. The Morgan fingerprint density at radius 3 is 2.72 bits per heavy atom. The molecule has 0 bridgehead atoms. The van der Waals surface area contributed by atoms with Crippen LogP contribution in [0, 0.1) is 28.4 Å². The van der Waals surface area contributed by atoms with Gasteiger partial charge in [-0.15, -0.1) is 10.2 Å². The zero-order valence-corrected chi connectivity index (χ0v) is 16.5. The predicted octanol–water partition coefficient (Wildman–Crippen LogP) is 4.46. The van der Waals surface area contributed by atoms with Gasteiger partial charge in [-0.2, -0.15) is 5.26 Å². The molecule has 10 nitrogen and oxygen atoms in total. The molecule has 0 saturated heterocycles. The van der Waals surface area contributed by atoms with Crippen molar-refractivity contribution in [3.63, 3.8) is 0 Å². The molecule has 0 atom stereocenters. The minimum atomic E-state index is -0.669. The van der Waals surface area contributed by atoms with Gasteiger partial charge >= 0.3 is 0 Å². The van der Waals surface area contributed by atoms with Gasteiger partial charge in [0.25, 0.3) is 11.2 Å². The molecule has 11 heteroatoms. The minimum absolute atomic E-state index is 0.101. The lowest BCUT2D eigenvalue weighted by Crippen LogP contribution is -2.22. The van der Waals surface area contributed by atoms with Crippen LogP contribution in [-0.4, -0.2) is 14.6 Å². The number of nitro groups is 1. The van der Waals surface area contributed by atoms with Crippen LogP contribution in [0.25, 0.3) is 0 Å². The first-order valence-electron chi connectivity index (χ1n) is 8.08. The lowest BCUT2D eigenvalue weighted by molar-refractivity contribution is -0.384. The quantitative estimate of drug-likeness (QED) is 0.339. The van der Waals surface area contributed by atoms with Gasteiger partial charge in [-0.3, -0.25) is 19.5 Å². The highest BCUT2D eigenvalue weighted by Gasteiger charge is 2.20. The zero-order valence-electron chi connectivity index (χ0n) is 14.9. The highest BCUT2D eigenvalue weighted by molar-refractivity contribution is 9.10. The maximum Gasteiger partial charge on any atom is 0.281 e. The van der Waals surface area contributed by atoms with E-state index in [1.54, 1.807) is 12.1 Å². The molecule has 29 heavy (non-hydrogen) atoms. The van der Waals surface area contributed by atoms with Gasteiger partial charge in [0, 0.05) is 17.7 Å². The van der Waals surface area contributed by atoms with Crippen molar-refractivity contribution in [2.45, 2.75) is 13.5 Å². The number of non-ortho nitro benzene ring substituents is 1. The highest BCUT2D eigenvalue weighted by Crippen LogP contribution is 2.32. The van der Waals surface area contributed by atoms with Crippen LogP contribution in [0.1, 0.15) is 16.9 Å². The Morgan fingerprint density at radius 1 is 1.38 bits per heavy atom. The maximum atomic E-state index is 12.9. The summed E-state index contributed by atoms with van der Waals surface area (Å²) in [5.41, 5.74) is -0.656. The molecule has 1 N–H and O–H groups in total. The van der Waals surface area contributed by atoms with Crippen molar-refractivity contribution in [2.75, 3.05) is 0 Å². The summed E-state index contributed by atoms with van der Waals surface area (Å²) < 4.78 is 6.47. The Labute approximate surface area is 171 Å². The van der Waals surface area contributed by atoms with Crippen molar-refractivity contribution < 1.29 is 14.4 Å². The van der Waals surface area contributed by atoms with Crippen LogP contribution < -0.4 is 5.56 Å². The topological polar surface area (TPSA) is 147 Å². The van der Waals surface area contributed by atoms with E-state index in [4.69, 9.17) is 4.42 Å². The third-order valence-electron chi connectivity index (χ3n) is 4.06. The van der Waals surface area contributed by atoms with Gasteiger partial charge in [0.1, 0.15) is 23.1 Å². The number of nitrogens with zero attached hydrogens (tertiary/aromatic N) is 5. The average Bonchev–Trinajstić information content (AvgIpc) is 3.19. The van der Waals surface area contributed by atoms with Gasteiger partial charge in [0.05, 0.1) is 22.2 Å². The first-order valence-corrected chi connectivity index (χ1v) is 8.87. The summed E-state index contributed by atoms with van der Waals surface area (Å²) in [7, 11) is 0. The second kappa shape index (κ2) is 8.07. The maximum absolute atomic E-state index is 12.9. The van der Waals surface area contributed by atoms with Crippen molar-refractivity contribution in [3.8, 4) is 11.9 Å². The molecule has 0 saturated carbocycles. The first-order chi connectivity index (χ1) is 13.8. The molecule has 2 aromatic heterocycles. The van der Waals surface area contributed by atoms with Crippen LogP contribution >= 0.6 is 15.9 Å². The molecular weight excluding hydrogens is 446 g/mol. The number of benzene rings is 1. The number of halogens is 1. The summed E-state index contributed by atoms with van der Waals surface area (Å²) in [6.07, 6.45) is 1.42. The molecule has 3 aromatic rings. The zero-order chi connectivity index (χ0) is 21.1. The van der Waals surface area contributed by atoms with Crippen LogP contribution in [0.3, 0.4) is 0 Å². The minimum Gasteiger partial charge on any atom is -0.493 e. The number of aromatic hydroxyl groups is 1. The molecule has 0 amide bonds. The number of rotatable bonds is 5. The lowest BCUT2D eigenvalue weighted by atomic mass is 10.1. The van der Waals surface area contributed by atoms with Gasteiger partial charge in [-0.25, -0.2) is 0 Å². The summed E-state index contributed by atoms with van der Waals surface area (Å²) in [4.78, 5) is 23.1. The van der Waals surface area contributed by atoms with Crippen molar-refractivity contribution in [1.29, 1.82) is 5.26 Å². The molecule has 2 heterocycles.